The fourth-order valence-electron chi connectivity index (χ4n) is 1.32. The molecule has 0 spiro atoms. The zero-order valence-corrected chi connectivity index (χ0v) is 8.00. The van der Waals surface area contributed by atoms with E-state index >= 15 is 0 Å². The Hall–Kier alpha value is -2.24. The lowest BCUT2D eigenvalue weighted by molar-refractivity contribution is 0.511. The predicted molar refractivity (Wildman–Crippen MR) is 54.6 cm³/mol. The van der Waals surface area contributed by atoms with E-state index in [1.54, 1.807) is 0 Å². The Morgan fingerprint density at radius 1 is 1.31 bits per heavy atom. The van der Waals surface area contributed by atoms with Crippen LogP contribution in [0.1, 0.15) is 0 Å². The van der Waals surface area contributed by atoms with Crippen molar-refractivity contribution in [1.82, 2.24) is 9.97 Å². The highest BCUT2D eigenvalue weighted by Gasteiger charge is 2.11. The van der Waals surface area contributed by atoms with Crippen molar-refractivity contribution in [3.63, 3.8) is 0 Å². The van der Waals surface area contributed by atoms with Gasteiger partial charge in [-0.3, -0.25) is 9.78 Å². The van der Waals surface area contributed by atoms with E-state index in [0.29, 0.717) is 0 Å². The number of nitrogen functional groups attached to an aromatic ring is 1. The van der Waals surface area contributed by atoms with Gasteiger partial charge in [0.2, 0.25) is 5.95 Å². The van der Waals surface area contributed by atoms with Gasteiger partial charge in [0.15, 0.2) is 11.6 Å². The molecule has 0 amide bonds. The van der Waals surface area contributed by atoms with Crippen LogP contribution >= 0.6 is 0 Å². The van der Waals surface area contributed by atoms with Crippen molar-refractivity contribution < 1.29 is 8.78 Å². The first-order chi connectivity index (χ1) is 7.58. The normalized spacial score (nSPS) is 10.4. The maximum atomic E-state index is 13.4. The Labute approximate surface area is 88.8 Å². The number of benzene rings is 1. The second kappa shape index (κ2) is 3.73. The van der Waals surface area contributed by atoms with Gasteiger partial charge in [0.25, 0.3) is 5.56 Å². The summed E-state index contributed by atoms with van der Waals surface area (Å²) in [5.41, 5.74) is 4.68. The predicted octanol–water partition coefficient (Wildman–Crippen LogP) is 1.30. The van der Waals surface area contributed by atoms with Crippen LogP contribution in [0.25, 0.3) is 11.3 Å². The molecule has 1 aromatic heterocycles. The minimum absolute atomic E-state index is 0.00162. The number of hydrogen-bond donors (Lipinski definition) is 2. The number of nitrogens with two attached hydrogens (primary N) is 1. The van der Waals surface area contributed by atoms with Crippen molar-refractivity contribution in [3.8, 4) is 11.3 Å². The zero-order valence-electron chi connectivity index (χ0n) is 8.00. The minimum atomic E-state index is -1.06. The maximum Gasteiger partial charge on any atom is 0.252 e. The molecular weight excluding hydrogens is 216 g/mol. The molecular formula is C10H7F2N3O. The summed E-state index contributed by atoms with van der Waals surface area (Å²) in [6.45, 7) is 0. The standard InChI is InChI=1S/C10H7F2N3O/c11-6-3-1-2-5(9(6)12)7-4-8(16)15-10(13)14-7/h1-4H,(H3,13,14,15,16). The van der Waals surface area contributed by atoms with Gasteiger partial charge in [-0.2, -0.15) is 0 Å². The summed E-state index contributed by atoms with van der Waals surface area (Å²) in [4.78, 5) is 17.0. The highest BCUT2D eigenvalue weighted by atomic mass is 19.2. The number of nitrogens with zero attached hydrogens (tertiary/aromatic N) is 1. The second-order valence-electron chi connectivity index (χ2n) is 3.12. The number of anilines is 1. The average molecular weight is 223 g/mol. The van der Waals surface area contributed by atoms with E-state index in [-0.39, 0.29) is 17.2 Å². The summed E-state index contributed by atoms with van der Waals surface area (Å²) in [5, 5.41) is 0. The highest BCUT2D eigenvalue weighted by Crippen LogP contribution is 2.21. The van der Waals surface area contributed by atoms with E-state index in [1.165, 1.54) is 12.1 Å². The average Bonchev–Trinajstić information content (AvgIpc) is 2.20. The molecule has 0 aliphatic heterocycles. The van der Waals surface area contributed by atoms with Crippen LogP contribution in [0.4, 0.5) is 14.7 Å². The first kappa shape index (κ1) is 10.3. The Morgan fingerprint density at radius 3 is 2.75 bits per heavy atom. The first-order valence-corrected chi connectivity index (χ1v) is 4.39. The van der Waals surface area contributed by atoms with Gasteiger partial charge in [-0.05, 0) is 12.1 Å². The fraction of sp³-hybridized carbons (Fsp3) is 0. The largest absolute Gasteiger partial charge is 0.369 e. The van der Waals surface area contributed by atoms with Crippen molar-refractivity contribution in [2.24, 2.45) is 0 Å². The molecule has 4 nitrogen and oxygen atoms in total. The Bertz CT molecular complexity index is 595. The van der Waals surface area contributed by atoms with E-state index in [4.69, 9.17) is 5.73 Å². The lowest BCUT2D eigenvalue weighted by Gasteiger charge is -2.03. The van der Waals surface area contributed by atoms with Gasteiger partial charge in [0.1, 0.15) is 0 Å². The summed E-state index contributed by atoms with van der Waals surface area (Å²) in [6.07, 6.45) is 0. The Kier molecular flexibility index (Phi) is 2.40. The maximum absolute atomic E-state index is 13.4. The lowest BCUT2D eigenvalue weighted by Crippen LogP contribution is -2.10. The van der Waals surface area contributed by atoms with Gasteiger partial charge < -0.3 is 5.73 Å². The van der Waals surface area contributed by atoms with Crippen molar-refractivity contribution in [3.05, 3.63) is 46.3 Å². The molecule has 16 heavy (non-hydrogen) atoms. The van der Waals surface area contributed by atoms with Crippen LogP contribution in [-0.4, -0.2) is 9.97 Å². The summed E-state index contributed by atoms with van der Waals surface area (Å²) < 4.78 is 26.3. The summed E-state index contributed by atoms with van der Waals surface area (Å²) in [5.74, 6) is -2.20. The number of aromatic amines is 1. The molecule has 0 bridgehead atoms. The van der Waals surface area contributed by atoms with E-state index in [0.717, 1.165) is 12.1 Å². The molecule has 1 aromatic carbocycles. The van der Waals surface area contributed by atoms with E-state index in [2.05, 4.69) is 9.97 Å². The van der Waals surface area contributed by atoms with Crippen molar-refractivity contribution in [2.75, 3.05) is 5.73 Å². The Balaban J connectivity index is 2.67. The van der Waals surface area contributed by atoms with Gasteiger partial charge in [-0.1, -0.05) is 6.07 Å². The second-order valence-corrected chi connectivity index (χ2v) is 3.12. The number of halogens is 2. The molecule has 2 aromatic rings. The summed E-state index contributed by atoms with van der Waals surface area (Å²) in [7, 11) is 0. The molecule has 0 saturated heterocycles. The van der Waals surface area contributed by atoms with E-state index < -0.39 is 17.2 Å². The molecule has 0 fully saturated rings. The quantitative estimate of drug-likeness (QED) is 0.765. The molecule has 3 N–H and O–H groups in total. The van der Waals surface area contributed by atoms with Crippen LogP contribution in [0, 0.1) is 11.6 Å². The van der Waals surface area contributed by atoms with Gasteiger partial charge in [0.05, 0.1) is 5.69 Å². The van der Waals surface area contributed by atoms with Crippen LogP contribution < -0.4 is 11.3 Å². The third-order valence-corrected chi connectivity index (χ3v) is 1.99. The molecule has 2 rings (SSSR count). The van der Waals surface area contributed by atoms with Crippen LogP contribution in [0.15, 0.2) is 29.1 Å². The van der Waals surface area contributed by atoms with Crippen molar-refractivity contribution in [1.29, 1.82) is 0 Å². The van der Waals surface area contributed by atoms with Crippen molar-refractivity contribution in [2.45, 2.75) is 0 Å². The van der Waals surface area contributed by atoms with Crippen LogP contribution in [0.2, 0.25) is 0 Å². The van der Waals surface area contributed by atoms with Gasteiger partial charge in [-0.15, -0.1) is 0 Å². The molecule has 1 heterocycles. The SMILES string of the molecule is Nc1nc(-c2cccc(F)c2F)cc(=O)[nH]1. The molecule has 82 valence electrons. The van der Waals surface area contributed by atoms with Crippen molar-refractivity contribution >= 4 is 5.95 Å². The third-order valence-electron chi connectivity index (χ3n) is 1.99. The number of aromatic nitrogens is 2. The zero-order chi connectivity index (χ0) is 11.7. The van der Waals surface area contributed by atoms with E-state index in [9.17, 15) is 13.6 Å². The van der Waals surface area contributed by atoms with Gasteiger partial charge >= 0.3 is 0 Å². The first-order valence-electron chi connectivity index (χ1n) is 4.39. The molecule has 0 saturated carbocycles. The summed E-state index contributed by atoms with van der Waals surface area (Å²) >= 11 is 0. The Morgan fingerprint density at radius 2 is 2.06 bits per heavy atom. The smallest absolute Gasteiger partial charge is 0.252 e. The monoisotopic (exact) mass is 223 g/mol. The third kappa shape index (κ3) is 1.77. The number of H-pyrrole nitrogens is 1. The molecule has 0 aliphatic carbocycles. The van der Waals surface area contributed by atoms with E-state index in [1.807, 2.05) is 0 Å². The molecule has 6 heteroatoms. The van der Waals surface area contributed by atoms with Crippen LogP contribution in [-0.2, 0) is 0 Å². The number of rotatable bonds is 1. The molecule has 0 unspecified atom stereocenters. The minimum Gasteiger partial charge on any atom is -0.369 e. The highest BCUT2D eigenvalue weighted by molar-refractivity contribution is 5.60. The summed E-state index contributed by atoms with van der Waals surface area (Å²) in [6, 6.07) is 4.68. The van der Waals surface area contributed by atoms with Crippen LogP contribution in [0.5, 0.6) is 0 Å². The number of hydrogen-bond acceptors (Lipinski definition) is 3. The van der Waals surface area contributed by atoms with Gasteiger partial charge in [-0.25, -0.2) is 13.8 Å². The topological polar surface area (TPSA) is 71.8 Å². The molecule has 0 atom stereocenters. The molecule has 0 aliphatic rings. The number of nitrogens with one attached hydrogen (secondary N) is 1. The lowest BCUT2D eigenvalue weighted by atomic mass is 10.1. The van der Waals surface area contributed by atoms with Crippen LogP contribution in [0.3, 0.4) is 0 Å². The molecule has 0 radical (unpaired) electrons. The van der Waals surface area contributed by atoms with Gasteiger partial charge in [0, 0.05) is 11.6 Å². The fourth-order valence-corrected chi connectivity index (χ4v) is 1.32.